The molecule has 0 bridgehead atoms. The molecule has 2 rings (SSSR count). The Kier molecular flexibility index (Phi) is 4.28. The van der Waals surface area contributed by atoms with Gasteiger partial charge in [-0.15, -0.1) is 12.3 Å². The Bertz CT molecular complexity index is 695. The molecule has 0 aliphatic heterocycles. The van der Waals surface area contributed by atoms with E-state index >= 15 is 0 Å². The van der Waals surface area contributed by atoms with Crippen molar-refractivity contribution in [2.45, 2.75) is 24.3 Å². The molecule has 5 heteroatoms. The van der Waals surface area contributed by atoms with Crippen molar-refractivity contribution in [1.29, 1.82) is 0 Å². The maximum absolute atomic E-state index is 12.3. The topological polar surface area (TPSA) is 59.3 Å². The summed E-state index contributed by atoms with van der Waals surface area (Å²) in [6.45, 7) is 1.90. The lowest BCUT2D eigenvalue weighted by Crippen LogP contribution is -2.28. The molecule has 1 N–H and O–H groups in total. The number of hydrogen-bond donors (Lipinski definition) is 1. The third kappa shape index (κ3) is 3.29. The number of terminal acetylenes is 1. The van der Waals surface area contributed by atoms with Gasteiger partial charge in [0.1, 0.15) is 5.76 Å². The van der Waals surface area contributed by atoms with Crippen molar-refractivity contribution < 1.29 is 12.8 Å². The van der Waals surface area contributed by atoms with Crippen molar-refractivity contribution in [3.8, 4) is 12.3 Å². The zero-order chi connectivity index (χ0) is 14.6. The van der Waals surface area contributed by atoms with Gasteiger partial charge in [-0.1, -0.05) is 17.7 Å². The molecular weight excluding hydrogens is 274 g/mol. The number of furan rings is 1. The zero-order valence-electron chi connectivity index (χ0n) is 11.0. The lowest BCUT2D eigenvalue weighted by Gasteiger charge is -2.14. The van der Waals surface area contributed by atoms with Crippen molar-refractivity contribution in [2.24, 2.45) is 0 Å². The number of nitrogens with one attached hydrogen (secondary N) is 1. The third-order valence-corrected chi connectivity index (χ3v) is 4.32. The Morgan fingerprint density at radius 3 is 2.55 bits per heavy atom. The van der Waals surface area contributed by atoms with Crippen LogP contribution in [0.1, 0.15) is 23.8 Å². The van der Waals surface area contributed by atoms with Crippen LogP contribution in [0.3, 0.4) is 0 Å². The summed E-state index contributed by atoms with van der Waals surface area (Å²) in [5, 5.41) is 0. The Balaban J connectivity index is 2.26. The predicted octanol–water partition coefficient (Wildman–Crippen LogP) is 2.63. The summed E-state index contributed by atoms with van der Waals surface area (Å²) in [5.74, 6) is 2.95. The highest BCUT2D eigenvalue weighted by molar-refractivity contribution is 7.89. The van der Waals surface area contributed by atoms with Crippen LogP contribution in [0.2, 0.25) is 0 Å². The smallest absolute Gasteiger partial charge is 0.241 e. The van der Waals surface area contributed by atoms with E-state index in [1.807, 2.05) is 6.92 Å². The SMILES string of the molecule is C#CCC(NS(=O)(=O)c1ccc(C)cc1)c1ccco1. The van der Waals surface area contributed by atoms with Gasteiger partial charge in [0.05, 0.1) is 17.2 Å². The number of aryl methyl sites for hydroxylation is 1. The van der Waals surface area contributed by atoms with E-state index in [9.17, 15) is 8.42 Å². The van der Waals surface area contributed by atoms with Gasteiger partial charge in [-0.2, -0.15) is 4.72 Å². The van der Waals surface area contributed by atoms with Gasteiger partial charge in [0.25, 0.3) is 0 Å². The highest BCUT2D eigenvalue weighted by Crippen LogP contribution is 2.20. The van der Waals surface area contributed by atoms with Crippen LogP contribution >= 0.6 is 0 Å². The quantitative estimate of drug-likeness (QED) is 0.861. The number of rotatable bonds is 5. The summed E-state index contributed by atoms with van der Waals surface area (Å²) in [5.41, 5.74) is 0.996. The van der Waals surface area contributed by atoms with Gasteiger partial charge in [0, 0.05) is 6.42 Å². The fraction of sp³-hybridized carbons (Fsp3) is 0.200. The summed E-state index contributed by atoms with van der Waals surface area (Å²) in [6.07, 6.45) is 6.99. The maximum atomic E-state index is 12.3. The van der Waals surface area contributed by atoms with Gasteiger partial charge < -0.3 is 4.42 Å². The molecule has 1 heterocycles. The summed E-state index contributed by atoms with van der Waals surface area (Å²) >= 11 is 0. The monoisotopic (exact) mass is 289 g/mol. The van der Waals surface area contributed by atoms with Crippen LogP contribution in [-0.2, 0) is 10.0 Å². The van der Waals surface area contributed by atoms with E-state index in [0.29, 0.717) is 5.76 Å². The van der Waals surface area contributed by atoms with Gasteiger partial charge in [0.2, 0.25) is 10.0 Å². The van der Waals surface area contributed by atoms with E-state index in [1.54, 1.807) is 36.4 Å². The number of hydrogen-bond acceptors (Lipinski definition) is 3. The molecule has 0 saturated heterocycles. The molecule has 0 aliphatic rings. The average molecular weight is 289 g/mol. The fourth-order valence-corrected chi connectivity index (χ4v) is 2.99. The molecule has 20 heavy (non-hydrogen) atoms. The molecule has 1 aromatic heterocycles. The van der Waals surface area contributed by atoms with Crippen molar-refractivity contribution in [2.75, 3.05) is 0 Å². The first-order chi connectivity index (χ1) is 9.53. The van der Waals surface area contributed by atoms with Gasteiger partial charge in [-0.05, 0) is 31.2 Å². The molecule has 1 aromatic carbocycles. The van der Waals surface area contributed by atoms with Crippen LogP contribution in [0.25, 0.3) is 0 Å². The summed E-state index contributed by atoms with van der Waals surface area (Å²) in [4.78, 5) is 0.205. The maximum Gasteiger partial charge on any atom is 0.241 e. The molecule has 4 nitrogen and oxygen atoms in total. The molecule has 1 atom stereocenters. The van der Waals surface area contributed by atoms with Gasteiger partial charge in [-0.3, -0.25) is 0 Å². The first kappa shape index (κ1) is 14.4. The minimum atomic E-state index is -3.63. The Labute approximate surface area is 118 Å². The normalized spacial score (nSPS) is 12.8. The second kappa shape index (κ2) is 5.95. The second-order valence-electron chi connectivity index (χ2n) is 4.41. The molecule has 104 valence electrons. The minimum Gasteiger partial charge on any atom is -0.468 e. The average Bonchev–Trinajstić information content (AvgIpc) is 2.92. The molecule has 0 amide bonds. The van der Waals surface area contributed by atoms with Crippen LogP contribution in [-0.4, -0.2) is 8.42 Å². The fourth-order valence-electron chi connectivity index (χ4n) is 1.78. The standard InChI is InChI=1S/C15H15NO3S/c1-3-5-14(15-6-4-11-19-15)16-20(17,18)13-9-7-12(2)8-10-13/h1,4,6-11,14,16H,5H2,2H3. The van der Waals surface area contributed by atoms with Crippen LogP contribution in [0.5, 0.6) is 0 Å². The van der Waals surface area contributed by atoms with E-state index in [-0.39, 0.29) is 11.3 Å². The van der Waals surface area contributed by atoms with Gasteiger partial charge >= 0.3 is 0 Å². The molecule has 2 aromatic rings. The molecule has 0 aliphatic carbocycles. The van der Waals surface area contributed by atoms with E-state index in [2.05, 4.69) is 10.6 Å². The van der Waals surface area contributed by atoms with Gasteiger partial charge in [-0.25, -0.2) is 8.42 Å². The first-order valence-electron chi connectivity index (χ1n) is 6.09. The van der Waals surface area contributed by atoms with Crippen molar-refractivity contribution in [1.82, 2.24) is 4.72 Å². The summed E-state index contributed by atoms with van der Waals surface area (Å²) in [7, 11) is -3.63. The minimum absolute atomic E-state index is 0.205. The summed E-state index contributed by atoms with van der Waals surface area (Å²) in [6, 6.07) is 9.44. The number of benzene rings is 1. The zero-order valence-corrected chi connectivity index (χ0v) is 11.9. The van der Waals surface area contributed by atoms with Crippen LogP contribution < -0.4 is 4.72 Å². The Morgan fingerprint density at radius 1 is 1.30 bits per heavy atom. The molecule has 0 radical (unpaired) electrons. The van der Waals surface area contributed by atoms with Crippen LogP contribution in [0.4, 0.5) is 0 Å². The third-order valence-electron chi connectivity index (χ3n) is 2.84. The van der Waals surface area contributed by atoms with Crippen molar-refractivity contribution in [3.05, 3.63) is 54.0 Å². The highest BCUT2D eigenvalue weighted by Gasteiger charge is 2.22. The van der Waals surface area contributed by atoms with Crippen LogP contribution in [0, 0.1) is 19.3 Å². The largest absolute Gasteiger partial charge is 0.468 e. The Hall–Kier alpha value is -2.03. The van der Waals surface area contributed by atoms with E-state index in [1.165, 1.54) is 6.26 Å². The first-order valence-corrected chi connectivity index (χ1v) is 7.57. The molecule has 0 saturated carbocycles. The summed E-state index contributed by atoms with van der Waals surface area (Å²) < 4.78 is 32.4. The predicted molar refractivity (Wildman–Crippen MR) is 76.4 cm³/mol. The molecular formula is C15H15NO3S. The highest BCUT2D eigenvalue weighted by atomic mass is 32.2. The van der Waals surface area contributed by atoms with Crippen LogP contribution in [0.15, 0.2) is 52.0 Å². The van der Waals surface area contributed by atoms with Crippen molar-refractivity contribution in [3.63, 3.8) is 0 Å². The second-order valence-corrected chi connectivity index (χ2v) is 6.12. The van der Waals surface area contributed by atoms with E-state index in [4.69, 9.17) is 10.8 Å². The van der Waals surface area contributed by atoms with E-state index in [0.717, 1.165) is 5.56 Å². The molecule has 1 unspecified atom stereocenters. The van der Waals surface area contributed by atoms with E-state index < -0.39 is 16.1 Å². The lowest BCUT2D eigenvalue weighted by atomic mass is 10.2. The van der Waals surface area contributed by atoms with Crippen molar-refractivity contribution >= 4 is 10.0 Å². The Morgan fingerprint density at radius 2 is 2.00 bits per heavy atom. The van der Waals surface area contributed by atoms with Gasteiger partial charge in [0.15, 0.2) is 0 Å². The molecule has 0 spiro atoms. The lowest BCUT2D eigenvalue weighted by molar-refractivity contribution is 0.447. The number of sulfonamides is 1. The molecule has 0 fully saturated rings.